The van der Waals surface area contributed by atoms with Gasteiger partial charge >= 0.3 is 39.5 Å². The minimum atomic E-state index is -4.96. The van der Waals surface area contributed by atoms with Gasteiger partial charge in [-0.25, -0.2) is 9.13 Å². The number of esters is 4. The fourth-order valence-electron chi connectivity index (χ4n) is 11.8. The molecule has 0 aromatic heterocycles. The normalized spacial score (nSPS) is 14.0. The lowest BCUT2D eigenvalue weighted by Crippen LogP contribution is -2.30. The molecule has 19 heteroatoms. The minimum absolute atomic E-state index is 0.107. The van der Waals surface area contributed by atoms with Crippen molar-refractivity contribution in [2.24, 2.45) is 11.8 Å². The van der Waals surface area contributed by atoms with E-state index in [9.17, 15) is 43.2 Å². The second kappa shape index (κ2) is 68.8. The van der Waals surface area contributed by atoms with E-state index in [1.54, 1.807) is 0 Å². The first-order valence-electron chi connectivity index (χ1n) is 40.0. The Morgan fingerprint density at radius 3 is 0.708 bits per heavy atom. The number of aliphatic hydroxyl groups excluding tert-OH is 1. The Kier molecular flexibility index (Phi) is 67.4. The second-order valence-electron chi connectivity index (χ2n) is 28.7. The van der Waals surface area contributed by atoms with Gasteiger partial charge in [0.1, 0.15) is 19.3 Å². The van der Waals surface area contributed by atoms with Crippen molar-refractivity contribution in [2.45, 2.75) is 419 Å². The highest BCUT2D eigenvalue weighted by Gasteiger charge is 2.30. The van der Waals surface area contributed by atoms with Gasteiger partial charge in [-0.1, -0.05) is 350 Å². The molecule has 0 aliphatic carbocycles. The molecule has 0 spiro atoms. The van der Waals surface area contributed by atoms with Crippen LogP contribution < -0.4 is 0 Å². The Labute approximate surface area is 588 Å². The highest BCUT2D eigenvalue weighted by atomic mass is 31.2. The number of ether oxygens (including phenoxy) is 4. The van der Waals surface area contributed by atoms with Crippen molar-refractivity contribution in [1.29, 1.82) is 0 Å². The summed E-state index contributed by atoms with van der Waals surface area (Å²) in [6, 6.07) is 0. The van der Waals surface area contributed by atoms with Crippen molar-refractivity contribution < 1.29 is 80.2 Å². The zero-order chi connectivity index (χ0) is 70.7. The van der Waals surface area contributed by atoms with Gasteiger partial charge in [0, 0.05) is 25.7 Å². The van der Waals surface area contributed by atoms with E-state index in [1.807, 2.05) is 0 Å². The van der Waals surface area contributed by atoms with E-state index in [4.69, 9.17) is 37.0 Å². The molecule has 0 aliphatic heterocycles. The van der Waals surface area contributed by atoms with Gasteiger partial charge in [0.05, 0.1) is 26.4 Å². The fourth-order valence-corrected chi connectivity index (χ4v) is 13.4. The highest BCUT2D eigenvalue weighted by molar-refractivity contribution is 7.47. The van der Waals surface area contributed by atoms with Gasteiger partial charge in [0.25, 0.3) is 0 Å². The van der Waals surface area contributed by atoms with Gasteiger partial charge in [-0.15, -0.1) is 0 Å². The summed E-state index contributed by atoms with van der Waals surface area (Å²) >= 11 is 0. The van der Waals surface area contributed by atoms with Crippen molar-refractivity contribution >= 4 is 39.5 Å². The number of hydrogen-bond donors (Lipinski definition) is 3. The molecule has 0 bridgehead atoms. The zero-order valence-corrected chi connectivity index (χ0v) is 64.5. The standard InChI is InChI=1S/C77H150O17P2/c1-7-9-11-13-14-15-16-32-38-43-49-55-61-76(81)93-72(65-87-74(79)59-53-45-12-10-8-2)67-91-95(83,84)89-63-71(78)64-90-96(85,86)92-68-73(66-88-75(80)60-54-48-42-37-33-28-25-21-23-27-31-36-41-47-52-58-70(5)6)94-77(82)62-56-50-44-39-34-29-24-20-18-17-19-22-26-30-35-40-46-51-57-69(3)4/h69-73,78H,7-68H2,1-6H3,(H,83,84)(H,85,86)/t71-,72+,73+/m0/s1. The largest absolute Gasteiger partial charge is 0.472 e. The molecular weight excluding hydrogens is 1260 g/mol. The molecular formula is C77H150O17P2. The van der Waals surface area contributed by atoms with E-state index in [-0.39, 0.29) is 25.7 Å². The summed E-state index contributed by atoms with van der Waals surface area (Å²) in [5, 5.41) is 10.6. The maximum Gasteiger partial charge on any atom is 0.472 e. The molecule has 0 heterocycles. The van der Waals surface area contributed by atoms with Crippen LogP contribution in [0.2, 0.25) is 0 Å². The maximum absolute atomic E-state index is 13.1. The molecule has 3 N–H and O–H groups in total. The van der Waals surface area contributed by atoms with Crippen LogP contribution in [-0.4, -0.2) is 96.7 Å². The minimum Gasteiger partial charge on any atom is -0.462 e. The summed E-state index contributed by atoms with van der Waals surface area (Å²) in [6.07, 6.45) is 57.3. The smallest absolute Gasteiger partial charge is 0.462 e. The highest BCUT2D eigenvalue weighted by Crippen LogP contribution is 2.45. The molecule has 0 fully saturated rings. The van der Waals surface area contributed by atoms with Crippen LogP contribution in [0.4, 0.5) is 0 Å². The number of carbonyl (C=O) groups is 4. The Bertz CT molecular complexity index is 1860. The lowest BCUT2D eigenvalue weighted by molar-refractivity contribution is -0.161. The Hall–Kier alpha value is -1.94. The first-order chi connectivity index (χ1) is 46.4. The van der Waals surface area contributed by atoms with Crippen LogP contribution in [0.1, 0.15) is 401 Å². The van der Waals surface area contributed by atoms with Crippen LogP contribution in [0.5, 0.6) is 0 Å². The lowest BCUT2D eigenvalue weighted by Gasteiger charge is -2.21. The number of rotatable bonds is 76. The molecule has 96 heavy (non-hydrogen) atoms. The molecule has 0 saturated heterocycles. The molecule has 0 radical (unpaired) electrons. The predicted molar refractivity (Wildman–Crippen MR) is 391 cm³/mol. The van der Waals surface area contributed by atoms with Gasteiger partial charge < -0.3 is 33.8 Å². The van der Waals surface area contributed by atoms with E-state index < -0.39 is 97.5 Å². The number of carbonyl (C=O) groups excluding carboxylic acids is 4. The average Bonchev–Trinajstić information content (AvgIpc) is 3.74. The van der Waals surface area contributed by atoms with Crippen LogP contribution in [-0.2, 0) is 65.4 Å². The summed E-state index contributed by atoms with van der Waals surface area (Å²) < 4.78 is 68.3. The third-order valence-electron chi connectivity index (χ3n) is 18.0. The Morgan fingerprint density at radius 2 is 0.479 bits per heavy atom. The number of phosphoric ester groups is 2. The van der Waals surface area contributed by atoms with Crippen molar-refractivity contribution in [3.63, 3.8) is 0 Å². The zero-order valence-electron chi connectivity index (χ0n) is 62.7. The van der Waals surface area contributed by atoms with E-state index in [2.05, 4.69) is 41.5 Å². The van der Waals surface area contributed by atoms with Crippen molar-refractivity contribution in [3.05, 3.63) is 0 Å². The van der Waals surface area contributed by atoms with Crippen molar-refractivity contribution in [2.75, 3.05) is 39.6 Å². The fraction of sp³-hybridized carbons (Fsp3) is 0.948. The molecule has 0 aromatic carbocycles. The molecule has 0 amide bonds. The summed E-state index contributed by atoms with van der Waals surface area (Å²) in [7, 11) is -9.90. The summed E-state index contributed by atoms with van der Waals surface area (Å²) in [6.45, 7) is 9.58. The number of unbranched alkanes of at least 4 members (excludes halogenated alkanes) is 46. The third-order valence-corrected chi connectivity index (χ3v) is 19.9. The molecule has 0 saturated carbocycles. The van der Waals surface area contributed by atoms with Gasteiger partial charge in [0.2, 0.25) is 0 Å². The lowest BCUT2D eigenvalue weighted by atomic mass is 10.0. The quantitative estimate of drug-likeness (QED) is 0.0222. The van der Waals surface area contributed by atoms with Crippen LogP contribution in [0.25, 0.3) is 0 Å². The summed E-state index contributed by atoms with van der Waals surface area (Å²) in [5.41, 5.74) is 0. The SMILES string of the molecule is CCCCCCCCCCCCCCC(=O)O[C@H](COC(=O)CCCCCCC)COP(=O)(O)OC[C@H](O)COP(=O)(O)OC[C@@H](COC(=O)CCCCCCCCCCCCCCCCCC(C)C)OC(=O)CCCCCCCCCCCCCCCCCCCCC(C)C. The number of hydrogen-bond acceptors (Lipinski definition) is 15. The van der Waals surface area contributed by atoms with Crippen molar-refractivity contribution in [1.82, 2.24) is 0 Å². The summed E-state index contributed by atoms with van der Waals surface area (Å²) in [4.78, 5) is 72.5. The van der Waals surface area contributed by atoms with Gasteiger partial charge in [-0.3, -0.25) is 37.3 Å². The van der Waals surface area contributed by atoms with E-state index in [0.29, 0.717) is 25.7 Å². The molecule has 2 unspecified atom stereocenters. The number of phosphoric acid groups is 2. The molecule has 0 aliphatic rings. The van der Waals surface area contributed by atoms with Gasteiger partial charge in [0.15, 0.2) is 12.2 Å². The molecule has 0 rings (SSSR count). The Morgan fingerprint density at radius 1 is 0.281 bits per heavy atom. The first-order valence-corrected chi connectivity index (χ1v) is 43.0. The predicted octanol–water partition coefficient (Wildman–Crippen LogP) is 22.7. The maximum atomic E-state index is 13.1. The monoisotopic (exact) mass is 1410 g/mol. The average molecular weight is 1410 g/mol. The van der Waals surface area contributed by atoms with E-state index in [1.165, 1.54) is 212 Å². The van der Waals surface area contributed by atoms with E-state index in [0.717, 1.165) is 108 Å². The third kappa shape index (κ3) is 70.5. The Balaban J connectivity index is 5.12. The molecule has 570 valence electrons. The summed E-state index contributed by atoms with van der Waals surface area (Å²) in [5.74, 6) is -0.499. The second-order valence-corrected chi connectivity index (χ2v) is 31.6. The number of aliphatic hydroxyl groups is 1. The topological polar surface area (TPSA) is 237 Å². The van der Waals surface area contributed by atoms with E-state index >= 15 is 0 Å². The van der Waals surface area contributed by atoms with Gasteiger partial charge in [-0.05, 0) is 37.5 Å². The van der Waals surface area contributed by atoms with Crippen molar-refractivity contribution in [3.8, 4) is 0 Å². The van der Waals surface area contributed by atoms with Crippen LogP contribution in [0.3, 0.4) is 0 Å². The molecule has 5 atom stereocenters. The molecule has 17 nitrogen and oxygen atoms in total. The first kappa shape index (κ1) is 94.1. The van der Waals surface area contributed by atoms with Crippen LogP contribution in [0, 0.1) is 11.8 Å². The van der Waals surface area contributed by atoms with Gasteiger partial charge in [-0.2, -0.15) is 0 Å². The van der Waals surface area contributed by atoms with Crippen LogP contribution in [0.15, 0.2) is 0 Å². The molecule has 0 aromatic rings. The van der Waals surface area contributed by atoms with Crippen LogP contribution >= 0.6 is 15.6 Å².